The van der Waals surface area contributed by atoms with Crippen LogP contribution in [0.5, 0.6) is 28.7 Å². The van der Waals surface area contributed by atoms with E-state index in [2.05, 4.69) is 15.5 Å². The van der Waals surface area contributed by atoms with Crippen molar-refractivity contribution in [3.05, 3.63) is 53.3 Å². The van der Waals surface area contributed by atoms with Crippen LogP contribution in [0.4, 0.5) is 0 Å². The molecule has 2 heterocycles. The van der Waals surface area contributed by atoms with Gasteiger partial charge in [-0.15, -0.1) is 5.10 Å². The zero-order valence-corrected chi connectivity index (χ0v) is 18.0. The standard InChI is InChI=1S/C23H24N4O6/c1-31-20-5-4-14(6-18(20)28)21-9-17(25-30)23-19(29)7-16(8-22(23)33-21)32-12-15-11-27(26-24-15)10-13-2-3-13/h4-8,11,13,21,28-30H,2-3,9-10,12H2,1H3/b25-17+/t21-/m0/s1. The highest BCUT2D eigenvalue weighted by molar-refractivity contribution is 6.06. The van der Waals surface area contributed by atoms with Gasteiger partial charge in [-0.1, -0.05) is 16.4 Å². The Hall–Kier alpha value is -3.95. The first-order valence-electron chi connectivity index (χ1n) is 10.7. The topological polar surface area (TPSA) is 131 Å². The second kappa shape index (κ2) is 8.53. The Kier molecular flexibility index (Phi) is 5.41. The lowest BCUT2D eigenvalue weighted by atomic mass is 9.94. The fourth-order valence-electron chi connectivity index (χ4n) is 3.92. The molecule has 0 bridgehead atoms. The third-order valence-electron chi connectivity index (χ3n) is 5.80. The van der Waals surface area contributed by atoms with Crippen LogP contribution in [0.2, 0.25) is 0 Å². The van der Waals surface area contributed by atoms with Crippen LogP contribution >= 0.6 is 0 Å². The van der Waals surface area contributed by atoms with Crippen LogP contribution in [0.3, 0.4) is 0 Å². The molecule has 0 saturated heterocycles. The monoisotopic (exact) mass is 452 g/mol. The lowest BCUT2D eigenvalue weighted by molar-refractivity contribution is 0.199. The summed E-state index contributed by atoms with van der Waals surface area (Å²) in [6, 6.07) is 8.00. The van der Waals surface area contributed by atoms with E-state index >= 15 is 0 Å². The van der Waals surface area contributed by atoms with Gasteiger partial charge in [0.25, 0.3) is 0 Å². The predicted molar refractivity (Wildman–Crippen MR) is 116 cm³/mol. The molecule has 10 nitrogen and oxygen atoms in total. The lowest BCUT2D eigenvalue weighted by Gasteiger charge is -2.28. The van der Waals surface area contributed by atoms with Gasteiger partial charge in [-0.3, -0.25) is 4.68 Å². The molecular weight excluding hydrogens is 428 g/mol. The van der Waals surface area contributed by atoms with Crippen molar-refractivity contribution in [3.63, 3.8) is 0 Å². The number of aromatic hydroxyl groups is 2. The zero-order valence-electron chi connectivity index (χ0n) is 18.0. The van der Waals surface area contributed by atoms with Crippen molar-refractivity contribution in [2.45, 2.75) is 38.5 Å². The molecule has 1 aliphatic heterocycles. The maximum atomic E-state index is 10.6. The van der Waals surface area contributed by atoms with E-state index in [1.54, 1.807) is 18.2 Å². The van der Waals surface area contributed by atoms with Crippen molar-refractivity contribution < 1.29 is 29.6 Å². The number of phenolic OH excluding ortho intramolecular Hbond substituents is 2. The van der Waals surface area contributed by atoms with E-state index in [-0.39, 0.29) is 30.2 Å². The van der Waals surface area contributed by atoms with E-state index < -0.39 is 6.10 Å². The van der Waals surface area contributed by atoms with Gasteiger partial charge < -0.3 is 29.6 Å². The molecule has 1 fully saturated rings. The molecule has 3 N–H and O–H groups in total. The van der Waals surface area contributed by atoms with Crippen LogP contribution in [0.15, 0.2) is 41.7 Å². The minimum Gasteiger partial charge on any atom is -0.507 e. The number of aromatic nitrogens is 3. The van der Waals surface area contributed by atoms with Crippen LogP contribution in [0.1, 0.15) is 42.2 Å². The first-order valence-corrected chi connectivity index (χ1v) is 10.7. The van der Waals surface area contributed by atoms with Crippen LogP contribution in [-0.4, -0.2) is 43.2 Å². The maximum Gasteiger partial charge on any atom is 0.160 e. The molecule has 1 atom stereocenters. The number of hydrogen-bond donors (Lipinski definition) is 3. The van der Waals surface area contributed by atoms with Crippen LogP contribution in [-0.2, 0) is 13.2 Å². The van der Waals surface area contributed by atoms with E-state index in [9.17, 15) is 15.4 Å². The van der Waals surface area contributed by atoms with E-state index in [1.807, 2.05) is 10.9 Å². The summed E-state index contributed by atoms with van der Waals surface area (Å²) < 4.78 is 18.8. The number of oxime groups is 1. The molecule has 2 aliphatic rings. The summed E-state index contributed by atoms with van der Waals surface area (Å²) in [5.41, 5.74) is 1.91. The average Bonchev–Trinajstić information content (AvgIpc) is 3.52. The highest BCUT2D eigenvalue weighted by Crippen LogP contribution is 2.43. The predicted octanol–water partition coefficient (Wildman–Crippen LogP) is 3.39. The Labute approximate surface area is 189 Å². The fourth-order valence-corrected chi connectivity index (χ4v) is 3.92. The SMILES string of the molecule is COc1ccc([C@@H]2C/C(=N\O)c3c(O)cc(OCc4cn(CC5CC5)nn4)cc3O2)cc1O. The molecule has 2 aromatic carbocycles. The minimum absolute atomic E-state index is 0.0263. The van der Waals surface area contributed by atoms with E-state index in [0.29, 0.717) is 40.0 Å². The highest BCUT2D eigenvalue weighted by atomic mass is 16.5. The Morgan fingerprint density at radius 1 is 1.18 bits per heavy atom. The molecule has 5 rings (SSSR count). The van der Waals surface area contributed by atoms with Crippen molar-refractivity contribution in [2.24, 2.45) is 11.1 Å². The number of phenols is 2. The van der Waals surface area contributed by atoms with Gasteiger partial charge in [0.2, 0.25) is 0 Å². The second-order valence-electron chi connectivity index (χ2n) is 8.27. The van der Waals surface area contributed by atoms with E-state index in [1.165, 1.54) is 32.1 Å². The zero-order chi connectivity index (χ0) is 22.9. The van der Waals surface area contributed by atoms with Gasteiger partial charge in [-0.25, -0.2) is 0 Å². The summed E-state index contributed by atoms with van der Waals surface area (Å²) >= 11 is 0. The van der Waals surface area contributed by atoms with Crippen LogP contribution in [0.25, 0.3) is 0 Å². The molecule has 3 aromatic rings. The normalized spacial score (nSPS) is 18.6. The molecule has 172 valence electrons. The van der Waals surface area contributed by atoms with Crippen molar-refractivity contribution in [3.8, 4) is 28.7 Å². The Morgan fingerprint density at radius 3 is 2.76 bits per heavy atom. The fraction of sp³-hybridized carbons (Fsp3) is 0.348. The molecule has 1 aliphatic carbocycles. The highest BCUT2D eigenvalue weighted by Gasteiger charge is 2.30. The summed E-state index contributed by atoms with van der Waals surface area (Å²) in [4.78, 5) is 0. The smallest absolute Gasteiger partial charge is 0.160 e. The third kappa shape index (κ3) is 4.36. The van der Waals surface area contributed by atoms with E-state index in [4.69, 9.17) is 14.2 Å². The summed E-state index contributed by atoms with van der Waals surface area (Å²) in [5, 5.41) is 41.9. The molecule has 33 heavy (non-hydrogen) atoms. The minimum atomic E-state index is -0.544. The van der Waals surface area contributed by atoms with Gasteiger partial charge in [-0.2, -0.15) is 0 Å². The molecule has 0 radical (unpaired) electrons. The number of ether oxygens (including phenoxy) is 3. The summed E-state index contributed by atoms with van der Waals surface area (Å²) in [5.74, 6) is 1.57. The van der Waals surface area contributed by atoms with Crippen LogP contribution in [0, 0.1) is 5.92 Å². The van der Waals surface area contributed by atoms with Gasteiger partial charge in [0.05, 0.1) is 24.6 Å². The first-order chi connectivity index (χ1) is 16.0. The summed E-state index contributed by atoms with van der Waals surface area (Å²) in [7, 11) is 1.47. The number of hydrogen-bond acceptors (Lipinski definition) is 9. The quantitative estimate of drug-likeness (QED) is 0.367. The van der Waals surface area contributed by atoms with Crippen molar-refractivity contribution in [2.75, 3.05) is 7.11 Å². The lowest BCUT2D eigenvalue weighted by Crippen LogP contribution is -2.21. The molecule has 0 spiro atoms. The Balaban J connectivity index is 1.36. The van der Waals surface area contributed by atoms with Crippen molar-refractivity contribution >= 4 is 5.71 Å². The molecule has 1 aromatic heterocycles. The molecular formula is C23H24N4O6. The molecule has 10 heteroatoms. The van der Waals surface area contributed by atoms with Crippen molar-refractivity contribution in [1.82, 2.24) is 15.0 Å². The molecule has 0 unspecified atom stereocenters. The molecule has 1 saturated carbocycles. The largest absolute Gasteiger partial charge is 0.507 e. The number of fused-ring (bicyclic) bond motifs is 1. The van der Waals surface area contributed by atoms with Gasteiger partial charge in [0.15, 0.2) is 11.5 Å². The third-order valence-corrected chi connectivity index (χ3v) is 5.80. The second-order valence-corrected chi connectivity index (χ2v) is 8.27. The number of methoxy groups -OCH3 is 1. The van der Waals surface area contributed by atoms with Gasteiger partial charge >= 0.3 is 0 Å². The Morgan fingerprint density at radius 2 is 2.03 bits per heavy atom. The summed E-state index contributed by atoms with van der Waals surface area (Å²) in [6.07, 6.45) is 3.98. The number of rotatable bonds is 7. The average molecular weight is 452 g/mol. The van der Waals surface area contributed by atoms with Crippen LogP contribution < -0.4 is 14.2 Å². The molecule has 0 amide bonds. The van der Waals surface area contributed by atoms with Gasteiger partial charge in [0.1, 0.15) is 35.7 Å². The van der Waals surface area contributed by atoms with Gasteiger partial charge in [0, 0.05) is 25.1 Å². The van der Waals surface area contributed by atoms with Crippen molar-refractivity contribution in [1.29, 1.82) is 0 Å². The van der Waals surface area contributed by atoms with Gasteiger partial charge in [-0.05, 0) is 36.5 Å². The maximum absolute atomic E-state index is 10.6. The number of benzene rings is 2. The number of nitrogens with zero attached hydrogens (tertiary/aromatic N) is 4. The first kappa shape index (κ1) is 20.9. The summed E-state index contributed by atoms with van der Waals surface area (Å²) in [6.45, 7) is 1.05. The van der Waals surface area contributed by atoms with E-state index in [0.717, 1.165) is 6.54 Å². The Bertz CT molecular complexity index is 1200.